The van der Waals surface area contributed by atoms with Gasteiger partial charge in [0.25, 0.3) is 0 Å². The summed E-state index contributed by atoms with van der Waals surface area (Å²) in [5, 5.41) is 0. The molecule has 0 unspecified atom stereocenters. The van der Waals surface area contributed by atoms with E-state index in [1.165, 1.54) is 26.2 Å². The fourth-order valence-corrected chi connectivity index (χ4v) is 1.88. The third kappa shape index (κ3) is 2.19. The van der Waals surface area contributed by atoms with E-state index in [1.807, 2.05) is 0 Å². The maximum Gasteiger partial charge on any atom is 0.0350 e. The van der Waals surface area contributed by atoms with Gasteiger partial charge in [0.2, 0.25) is 0 Å². The molecule has 0 atom stereocenters. The van der Waals surface area contributed by atoms with Crippen molar-refractivity contribution in [3.05, 3.63) is 0 Å². The summed E-state index contributed by atoms with van der Waals surface area (Å²) in [4.78, 5) is 4.94. The molecule has 1 rings (SSSR count). The summed E-state index contributed by atoms with van der Waals surface area (Å²) in [5.41, 5.74) is 5.47. The molecule has 0 aromatic heterocycles. The Morgan fingerprint density at radius 3 is 2.33 bits per heavy atom. The van der Waals surface area contributed by atoms with Crippen molar-refractivity contribution in [3.8, 4) is 0 Å². The molecule has 0 amide bonds. The van der Waals surface area contributed by atoms with Gasteiger partial charge in [-0.05, 0) is 13.1 Å². The molecule has 0 aliphatic carbocycles. The lowest BCUT2D eigenvalue weighted by atomic mass is 10.1. The quantitative estimate of drug-likeness (QED) is 0.630. The number of hydrogen-bond donors (Lipinski definition) is 1. The summed E-state index contributed by atoms with van der Waals surface area (Å²) >= 11 is 0. The second-order valence-electron chi connectivity index (χ2n) is 3.42. The highest BCUT2D eigenvalue weighted by atomic mass is 15.3. The molecule has 2 N–H and O–H groups in total. The molecule has 0 saturated carbocycles. The number of nitrogens with zero attached hydrogens (tertiary/aromatic N) is 2. The van der Waals surface area contributed by atoms with Crippen molar-refractivity contribution in [1.82, 2.24) is 9.80 Å². The second-order valence-corrected chi connectivity index (χ2v) is 3.42. The Balaban J connectivity index is 2.14. The minimum absolute atomic E-state index is 0.797. The molecule has 1 aliphatic rings. The van der Waals surface area contributed by atoms with Crippen molar-refractivity contribution in [2.45, 2.75) is 19.9 Å². The molecule has 12 heavy (non-hydrogen) atoms. The molecule has 0 radical (unpaired) electrons. The van der Waals surface area contributed by atoms with E-state index < -0.39 is 0 Å². The van der Waals surface area contributed by atoms with Crippen LogP contribution in [0, 0.1) is 0 Å². The van der Waals surface area contributed by atoms with E-state index in [2.05, 4.69) is 23.6 Å². The van der Waals surface area contributed by atoms with Crippen molar-refractivity contribution in [2.24, 2.45) is 5.73 Å². The predicted octanol–water partition coefficient (Wildman–Crippen LogP) is -0.0289. The molecule has 3 nitrogen and oxygen atoms in total. The van der Waals surface area contributed by atoms with Crippen LogP contribution in [-0.2, 0) is 0 Å². The number of likely N-dealkylation sites (N-methyl/N-ethyl adjacent to an activating group) is 1. The fourth-order valence-electron chi connectivity index (χ4n) is 1.88. The van der Waals surface area contributed by atoms with Crippen molar-refractivity contribution >= 4 is 0 Å². The topological polar surface area (TPSA) is 32.5 Å². The standard InChI is InChI=1S/C9H21N3/c1-3-12(4-2)9-7-11(8-9)6-5-10/h9H,3-8,10H2,1-2H3. The van der Waals surface area contributed by atoms with Crippen LogP contribution in [0.2, 0.25) is 0 Å². The molecule has 0 aromatic carbocycles. The monoisotopic (exact) mass is 171 g/mol. The van der Waals surface area contributed by atoms with Crippen LogP contribution in [-0.4, -0.2) is 55.1 Å². The predicted molar refractivity (Wildman–Crippen MR) is 52.2 cm³/mol. The van der Waals surface area contributed by atoms with Crippen molar-refractivity contribution in [2.75, 3.05) is 39.3 Å². The van der Waals surface area contributed by atoms with Gasteiger partial charge >= 0.3 is 0 Å². The first kappa shape index (κ1) is 9.96. The highest BCUT2D eigenvalue weighted by Crippen LogP contribution is 2.13. The Hall–Kier alpha value is -0.120. The third-order valence-corrected chi connectivity index (χ3v) is 2.71. The van der Waals surface area contributed by atoms with E-state index in [-0.39, 0.29) is 0 Å². The Bertz CT molecular complexity index is 117. The maximum absolute atomic E-state index is 5.47. The van der Waals surface area contributed by atoms with Crippen molar-refractivity contribution in [1.29, 1.82) is 0 Å². The van der Waals surface area contributed by atoms with Gasteiger partial charge in [0.15, 0.2) is 0 Å². The van der Waals surface area contributed by atoms with Crippen molar-refractivity contribution in [3.63, 3.8) is 0 Å². The van der Waals surface area contributed by atoms with Gasteiger partial charge in [-0.15, -0.1) is 0 Å². The Kier molecular flexibility index (Phi) is 3.98. The van der Waals surface area contributed by atoms with E-state index in [0.717, 1.165) is 19.1 Å². The van der Waals surface area contributed by atoms with Crippen LogP contribution in [0.5, 0.6) is 0 Å². The van der Waals surface area contributed by atoms with Crippen LogP contribution in [0.3, 0.4) is 0 Å². The zero-order valence-corrected chi connectivity index (χ0v) is 8.29. The van der Waals surface area contributed by atoms with Crippen LogP contribution < -0.4 is 5.73 Å². The molecule has 0 bridgehead atoms. The van der Waals surface area contributed by atoms with Gasteiger partial charge in [0.1, 0.15) is 0 Å². The maximum atomic E-state index is 5.47. The third-order valence-electron chi connectivity index (χ3n) is 2.71. The van der Waals surface area contributed by atoms with Gasteiger partial charge in [-0.3, -0.25) is 9.80 Å². The van der Waals surface area contributed by atoms with Gasteiger partial charge in [-0.1, -0.05) is 13.8 Å². The van der Waals surface area contributed by atoms with Crippen LogP contribution in [0.4, 0.5) is 0 Å². The lowest BCUT2D eigenvalue weighted by Crippen LogP contribution is -2.60. The van der Waals surface area contributed by atoms with E-state index in [4.69, 9.17) is 5.73 Å². The number of rotatable bonds is 5. The zero-order valence-electron chi connectivity index (χ0n) is 8.29. The van der Waals surface area contributed by atoms with Crippen molar-refractivity contribution < 1.29 is 0 Å². The number of hydrogen-bond acceptors (Lipinski definition) is 3. The molecule has 1 fully saturated rings. The van der Waals surface area contributed by atoms with E-state index in [1.54, 1.807) is 0 Å². The van der Waals surface area contributed by atoms with Gasteiger partial charge in [-0.2, -0.15) is 0 Å². The van der Waals surface area contributed by atoms with Crippen LogP contribution >= 0.6 is 0 Å². The van der Waals surface area contributed by atoms with E-state index >= 15 is 0 Å². The van der Waals surface area contributed by atoms with Gasteiger partial charge in [0, 0.05) is 32.2 Å². The summed E-state index contributed by atoms with van der Waals surface area (Å²) in [5.74, 6) is 0. The highest BCUT2D eigenvalue weighted by Gasteiger charge is 2.29. The minimum atomic E-state index is 0.797. The molecule has 3 heteroatoms. The molecule has 1 heterocycles. The fraction of sp³-hybridized carbons (Fsp3) is 1.00. The number of likely N-dealkylation sites (tertiary alicyclic amines) is 1. The molecule has 0 spiro atoms. The first-order valence-electron chi connectivity index (χ1n) is 4.98. The first-order chi connectivity index (χ1) is 5.81. The molecular weight excluding hydrogens is 150 g/mol. The molecule has 1 saturated heterocycles. The molecule has 1 aliphatic heterocycles. The van der Waals surface area contributed by atoms with Crippen LogP contribution in [0.15, 0.2) is 0 Å². The molecule has 72 valence electrons. The van der Waals surface area contributed by atoms with Crippen LogP contribution in [0.1, 0.15) is 13.8 Å². The van der Waals surface area contributed by atoms with Gasteiger partial charge < -0.3 is 5.73 Å². The minimum Gasteiger partial charge on any atom is -0.329 e. The summed E-state index contributed by atoms with van der Waals surface area (Å²) in [6.07, 6.45) is 0. The van der Waals surface area contributed by atoms with Gasteiger partial charge in [0.05, 0.1) is 0 Å². The SMILES string of the molecule is CCN(CC)C1CN(CCN)C1. The Labute approximate surface area is 75.5 Å². The summed E-state index contributed by atoms with van der Waals surface area (Å²) in [6, 6.07) is 0.798. The van der Waals surface area contributed by atoms with E-state index in [9.17, 15) is 0 Å². The highest BCUT2D eigenvalue weighted by molar-refractivity contribution is 4.87. The second kappa shape index (κ2) is 4.80. The Morgan fingerprint density at radius 1 is 1.33 bits per heavy atom. The summed E-state index contributed by atoms with van der Waals surface area (Å²) in [7, 11) is 0. The average molecular weight is 171 g/mol. The summed E-state index contributed by atoms with van der Waals surface area (Å²) < 4.78 is 0. The molecule has 0 aromatic rings. The average Bonchev–Trinajstić information content (AvgIpc) is 2.02. The lowest BCUT2D eigenvalue weighted by Gasteiger charge is -2.44. The Morgan fingerprint density at radius 2 is 1.92 bits per heavy atom. The van der Waals surface area contributed by atoms with Gasteiger partial charge in [-0.25, -0.2) is 0 Å². The largest absolute Gasteiger partial charge is 0.329 e. The zero-order chi connectivity index (χ0) is 8.97. The first-order valence-corrected chi connectivity index (χ1v) is 4.98. The summed E-state index contributed by atoms with van der Waals surface area (Å²) in [6.45, 7) is 11.1. The lowest BCUT2D eigenvalue weighted by molar-refractivity contribution is 0.0425. The number of nitrogens with two attached hydrogens (primary N) is 1. The molecular formula is C9H21N3. The van der Waals surface area contributed by atoms with Crippen LogP contribution in [0.25, 0.3) is 0 Å². The van der Waals surface area contributed by atoms with E-state index in [0.29, 0.717) is 0 Å². The normalized spacial score (nSPS) is 20.0. The smallest absolute Gasteiger partial charge is 0.0350 e.